The van der Waals surface area contributed by atoms with Crippen LogP contribution in [0, 0.1) is 24.1 Å². The van der Waals surface area contributed by atoms with E-state index >= 15 is 0 Å². The van der Waals surface area contributed by atoms with Crippen molar-refractivity contribution < 1.29 is 33.0 Å². The van der Waals surface area contributed by atoms with E-state index in [4.69, 9.17) is 20.9 Å². The molecule has 0 spiro atoms. The van der Waals surface area contributed by atoms with Crippen LogP contribution >= 0.6 is 0 Å². The summed E-state index contributed by atoms with van der Waals surface area (Å²) in [5.41, 5.74) is 12.7. The molecule has 1 heterocycles. The zero-order chi connectivity index (χ0) is 26.6. The van der Waals surface area contributed by atoms with Crippen LogP contribution in [0.5, 0.6) is 0 Å². The maximum Gasteiger partial charge on any atom is 0.338 e. The molecule has 1 aliphatic heterocycles. The number of carbonyl (C=O) groups is 3. The molecule has 2 aromatic rings. The van der Waals surface area contributed by atoms with Crippen molar-refractivity contribution in [2.45, 2.75) is 19.3 Å². The van der Waals surface area contributed by atoms with Crippen molar-refractivity contribution in [2.24, 2.45) is 11.5 Å². The summed E-state index contributed by atoms with van der Waals surface area (Å²) in [4.78, 5) is 38.3. The number of nitrogens with zero attached hydrogens (tertiary/aromatic N) is 2. The molecule has 0 aliphatic carbocycles. The van der Waals surface area contributed by atoms with Gasteiger partial charge in [0.05, 0.1) is 37.1 Å². The van der Waals surface area contributed by atoms with E-state index in [9.17, 15) is 24.0 Å². The number of methoxy groups -OCH3 is 2. The number of aryl methyl sites for hydroxylation is 1. The smallest absolute Gasteiger partial charge is 0.338 e. The molecule has 0 radical (unpaired) electrons. The van der Waals surface area contributed by atoms with E-state index in [1.165, 1.54) is 18.2 Å². The number of hydrogen-bond acceptors (Lipinski definition) is 8. The number of halogens is 1. The number of allylic oxidation sites excluding steroid dienone is 1. The standard InChI is InChI=1S/C25H23FN4O6/c1-13-7-8-15(26)10-18(13)30(25(29)33)16-6-4-5-14(9-16)21-17(12-27)23(28)36-19(11-20(31)34-2)22(21)24(32)35-3/h4-10,21H,11,28H2,1-3H3,(H2,29,33). The fourth-order valence-electron chi connectivity index (χ4n) is 3.87. The Labute approximate surface area is 206 Å². The lowest BCUT2D eigenvalue weighted by atomic mass is 9.82. The molecule has 1 aliphatic rings. The number of esters is 2. The number of nitriles is 1. The van der Waals surface area contributed by atoms with Crippen LogP contribution in [0.1, 0.15) is 23.5 Å². The molecular weight excluding hydrogens is 471 g/mol. The van der Waals surface area contributed by atoms with Gasteiger partial charge in [0.15, 0.2) is 0 Å². The fraction of sp³-hybridized carbons (Fsp3) is 0.200. The number of primary amides is 1. The number of benzene rings is 2. The molecule has 36 heavy (non-hydrogen) atoms. The summed E-state index contributed by atoms with van der Waals surface area (Å²) in [7, 11) is 2.30. The lowest BCUT2D eigenvalue weighted by Crippen LogP contribution is -2.32. The summed E-state index contributed by atoms with van der Waals surface area (Å²) >= 11 is 0. The van der Waals surface area contributed by atoms with Crippen molar-refractivity contribution in [3.63, 3.8) is 0 Å². The van der Waals surface area contributed by atoms with Crippen LogP contribution in [0.15, 0.2) is 65.3 Å². The van der Waals surface area contributed by atoms with Gasteiger partial charge in [-0.1, -0.05) is 18.2 Å². The third kappa shape index (κ3) is 4.97. The predicted molar refractivity (Wildman–Crippen MR) is 126 cm³/mol. The van der Waals surface area contributed by atoms with Crippen LogP contribution in [0.4, 0.5) is 20.6 Å². The summed E-state index contributed by atoms with van der Waals surface area (Å²) in [6.07, 6.45) is -0.452. The molecule has 4 N–H and O–H groups in total. The predicted octanol–water partition coefficient (Wildman–Crippen LogP) is 3.15. The summed E-state index contributed by atoms with van der Waals surface area (Å²) in [6.45, 7) is 1.68. The van der Waals surface area contributed by atoms with Gasteiger partial charge in [-0.05, 0) is 42.3 Å². The first-order valence-electron chi connectivity index (χ1n) is 10.5. The zero-order valence-corrected chi connectivity index (χ0v) is 19.7. The minimum Gasteiger partial charge on any atom is -0.469 e. The summed E-state index contributed by atoms with van der Waals surface area (Å²) in [5.74, 6) is -3.72. The molecule has 1 atom stereocenters. The maximum absolute atomic E-state index is 14.0. The van der Waals surface area contributed by atoms with Gasteiger partial charge >= 0.3 is 18.0 Å². The Balaban J connectivity index is 2.24. The van der Waals surface area contributed by atoms with Gasteiger partial charge in [-0.25, -0.2) is 14.0 Å². The van der Waals surface area contributed by atoms with Gasteiger partial charge in [0, 0.05) is 0 Å². The molecule has 11 heteroatoms. The number of rotatable bonds is 6. The molecule has 10 nitrogen and oxygen atoms in total. The van der Waals surface area contributed by atoms with E-state index in [0.29, 0.717) is 11.1 Å². The molecule has 0 aromatic heterocycles. The van der Waals surface area contributed by atoms with Crippen molar-refractivity contribution in [1.82, 2.24) is 0 Å². The van der Waals surface area contributed by atoms with Crippen LogP contribution in [0.25, 0.3) is 0 Å². The topological polar surface area (TPSA) is 158 Å². The number of urea groups is 1. The SMILES string of the molecule is COC(=O)CC1=C(C(=O)OC)C(c2cccc(N(C(N)=O)c3cc(F)ccc3C)c2)C(C#N)=C(N)O1. The average molecular weight is 494 g/mol. The highest BCUT2D eigenvalue weighted by atomic mass is 19.1. The van der Waals surface area contributed by atoms with Crippen LogP contribution < -0.4 is 16.4 Å². The molecule has 0 bridgehead atoms. The Kier molecular flexibility index (Phi) is 7.59. The summed E-state index contributed by atoms with van der Waals surface area (Å²) in [5, 5.41) is 9.83. The van der Waals surface area contributed by atoms with Crippen LogP contribution in [-0.2, 0) is 23.8 Å². The van der Waals surface area contributed by atoms with E-state index in [2.05, 4.69) is 4.74 Å². The second kappa shape index (κ2) is 10.6. The second-order valence-corrected chi connectivity index (χ2v) is 7.71. The number of nitrogens with two attached hydrogens (primary N) is 2. The van der Waals surface area contributed by atoms with Gasteiger partial charge in [-0.2, -0.15) is 5.26 Å². The van der Waals surface area contributed by atoms with Gasteiger partial charge in [-0.15, -0.1) is 0 Å². The molecule has 0 saturated carbocycles. The molecule has 3 rings (SSSR count). The van der Waals surface area contributed by atoms with Gasteiger partial charge in [0.2, 0.25) is 5.88 Å². The lowest BCUT2D eigenvalue weighted by Gasteiger charge is -2.29. The van der Waals surface area contributed by atoms with Crippen molar-refractivity contribution in [2.75, 3.05) is 19.1 Å². The first kappa shape index (κ1) is 25.8. The van der Waals surface area contributed by atoms with Gasteiger partial charge < -0.3 is 25.7 Å². The third-order valence-electron chi connectivity index (χ3n) is 5.53. The van der Waals surface area contributed by atoms with E-state index in [1.807, 2.05) is 6.07 Å². The van der Waals surface area contributed by atoms with E-state index in [-0.39, 0.29) is 34.2 Å². The minimum absolute atomic E-state index is 0.117. The Morgan fingerprint density at radius 3 is 2.50 bits per heavy atom. The molecule has 186 valence electrons. The van der Waals surface area contributed by atoms with Crippen molar-refractivity contribution in [1.29, 1.82) is 5.26 Å². The Hall–Kier alpha value is -4.85. The first-order chi connectivity index (χ1) is 17.1. The quantitative estimate of drug-likeness (QED) is 0.580. The Morgan fingerprint density at radius 1 is 1.17 bits per heavy atom. The molecule has 0 saturated heterocycles. The Morgan fingerprint density at radius 2 is 1.89 bits per heavy atom. The van der Waals surface area contributed by atoms with Crippen LogP contribution in [0.3, 0.4) is 0 Å². The van der Waals surface area contributed by atoms with Crippen molar-refractivity contribution in [3.8, 4) is 6.07 Å². The largest absolute Gasteiger partial charge is 0.469 e. The molecule has 1 unspecified atom stereocenters. The highest BCUT2D eigenvalue weighted by Crippen LogP contribution is 2.42. The van der Waals surface area contributed by atoms with Crippen molar-refractivity contribution >= 4 is 29.3 Å². The highest BCUT2D eigenvalue weighted by Gasteiger charge is 2.38. The number of ether oxygens (including phenoxy) is 3. The normalized spacial score (nSPS) is 15.0. The van der Waals surface area contributed by atoms with Crippen LogP contribution in [0.2, 0.25) is 0 Å². The first-order valence-corrected chi connectivity index (χ1v) is 10.5. The molecule has 2 amide bonds. The number of carbonyl (C=O) groups excluding carboxylic acids is 3. The molecule has 2 aromatic carbocycles. The zero-order valence-electron chi connectivity index (χ0n) is 19.7. The van der Waals surface area contributed by atoms with Crippen LogP contribution in [-0.4, -0.2) is 32.2 Å². The molecular formula is C25H23FN4O6. The van der Waals surface area contributed by atoms with E-state index in [0.717, 1.165) is 25.2 Å². The number of anilines is 2. The van der Waals surface area contributed by atoms with E-state index < -0.39 is 36.1 Å². The summed E-state index contributed by atoms with van der Waals surface area (Å²) < 4.78 is 29.0. The second-order valence-electron chi connectivity index (χ2n) is 7.71. The fourth-order valence-corrected chi connectivity index (χ4v) is 3.87. The molecule has 0 fully saturated rings. The number of hydrogen-bond donors (Lipinski definition) is 2. The van der Waals surface area contributed by atoms with Gasteiger partial charge in [0.1, 0.15) is 29.6 Å². The maximum atomic E-state index is 14.0. The highest BCUT2D eigenvalue weighted by molar-refractivity contribution is 5.99. The third-order valence-corrected chi connectivity index (χ3v) is 5.53. The van der Waals surface area contributed by atoms with Gasteiger partial charge in [-0.3, -0.25) is 9.69 Å². The monoisotopic (exact) mass is 494 g/mol. The number of amides is 2. The summed E-state index contributed by atoms with van der Waals surface area (Å²) in [6, 6.07) is 11.1. The lowest BCUT2D eigenvalue weighted by molar-refractivity contribution is -0.140. The Bertz CT molecular complexity index is 1340. The minimum atomic E-state index is -1.11. The van der Waals surface area contributed by atoms with E-state index in [1.54, 1.807) is 25.1 Å². The average Bonchev–Trinajstić information content (AvgIpc) is 2.85. The van der Waals surface area contributed by atoms with Gasteiger partial charge in [0.25, 0.3) is 0 Å². The van der Waals surface area contributed by atoms with Crippen molar-refractivity contribution in [3.05, 3.63) is 82.2 Å².